The smallest absolute Gasteiger partial charge is 0.240 e. The molecule has 1 fully saturated rings. The van der Waals surface area contributed by atoms with E-state index in [2.05, 4.69) is 24.9 Å². The Hall–Kier alpha value is -1.81. The number of hydrogen-bond acceptors (Lipinski definition) is 2. The van der Waals surface area contributed by atoms with E-state index >= 15 is 0 Å². The van der Waals surface area contributed by atoms with Crippen LogP contribution in [-0.2, 0) is 11.2 Å². The summed E-state index contributed by atoms with van der Waals surface area (Å²) in [5.41, 5.74) is 8.39. The lowest BCUT2D eigenvalue weighted by molar-refractivity contribution is -0.133. The molecule has 0 spiro atoms. The molecule has 1 aliphatic rings. The maximum Gasteiger partial charge on any atom is 0.240 e. The van der Waals surface area contributed by atoms with Crippen molar-refractivity contribution in [3.05, 3.63) is 36.0 Å². The maximum atomic E-state index is 12.6. The SMILES string of the molecule is CC1CC(C)N(C(=O)C(N)Cc2c[nH]c3ccccc23)C1. The third-order valence-electron chi connectivity index (χ3n) is 4.50. The van der Waals surface area contributed by atoms with Gasteiger partial charge in [0.1, 0.15) is 0 Å². The van der Waals surface area contributed by atoms with Gasteiger partial charge in [-0.15, -0.1) is 0 Å². The quantitative estimate of drug-likeness (QED) is 0.909. The third kappa shape index (κ3) is 2.68. The van der Waals surface area contributed by atoms with Gasteiger partial charge in [-0.2, -0.15) is 0 Å². The van der Waals surface area contributed by atoms with Gasteiger partial charge in [0.2, 0.25) is 5.91 Å². The molecular formula is C17H23N3O. The summed E-state index contributed by atoms with van der Waals surface area (Å²) in [5, 5.41) is 1.16. The first-order chi connectivity index (χ1) is 10.1. The molecule has 0 bridgehead atoms. The number of aromatic amines is 1. The molecule has 2 heterocycles. The Balaban J connectivity index is 1.74. The zero-order chi connectivity index (χ0) is 15.0. The van der Waals surface area contributed by atoms with Crippen LogP contribution in [0.25, 0.3) is 10.9 Å². The Morgan fingerprint density at radius 3 is 2.90 bits per heavy atom. The molecule has 1 saturated heterocycles. The average molecular weight is 285 g/mol. The predicted octanol–water partition coefficient (Wildman–Crippen LogP) is 2.29. The number of amides is 1. The highest BCUT2D eigenvalue weighted by molar-refractivity contribution is 5.86. The maximum absolute atomic E-state index is 12.6. The number of benzene rings is 1. The largest absolute Gasteiger partial charge is 0.361 e. The molecule has 0 radical (unpaired) electrons. The zero-order valence-electron chi connectivity index (χ0n) is 12.7. The van der Waals surface area contributed by atoms with Gasteiger partial charge in [-0.25, -0.2) is 0 Å². The number of carbonyl (C=O) groups is 1. The molecule has 1 amide bonds. The first-order valence-electron chi connectivity index (χ1n) is 7.67. The number of likely N-dealkylation sites (tertiary alicyclic amines) is 1. The molecule has 3 N–H and O–H groups in total. The molecule has 4 nitrogen and oxygen atoms in total. The normalized spacial score (nSPS) is 23.7. The van der Waals surface area contributed by atoms with Crippen LogP contribution in [0.2, 0.25) is 0 Å². The van der Waals surface area contributed by atoms with Gasteiger partial charge in [0, 0.05) is 29.7 Å². The summed E-state index contributed by atoms with van der Waals surface area (Å²) >= 11 is 0. The van der Waals surface area contributed by atoms with Crippen LogP contribution in [0.1, 0.15) is 25.8 Å². The molecule has 1 aliphatic heterocycles. The highest BCUT2D eigenvalue weighted by Gasteiger charge is 2.32. The zero-order valence-corrected chi connectivity index (χ0v) is 12.7. The van der Waals surface area contributed by atoms with Crippen LogP contribution < -0.4 is 5.73 Å². The lowest BCUT2D eigenvalue weighted by atomic mass is 10.0. The minimum atomic E-state index is -0.461. The van der Waals surface area contributed by atoms with E-state index in [1.54, 1.807) is 0 Å². The molecule has 1 aromatic heterocycles. The Bertz CT molecular complexity index is 648. The van der Waals surface area contributed by atoms with E-state index < -0.39 is 6.04 Å². The first-order valence-corrected chi connectivity index (χ1v) is 7.67. The Morgan fingerprint density at radius 2 is 2.19 bits per heavy atom. The van der Waals surface area contributed by atoms with Gasteiger partial charge in [-0.3, -0.25) is 4.79 Å². The second kappa shape index (κ2) is 5.53. The van der Waals surface area contributed by atoms with Crippen LogP contribution >= 0.6 is 0 Å². The number of nitrogens with zero attached hydrogens (tertiary/aromatic N) is 1. The summed E-state index contributed by atoms with van der Waals surface area (Å²) in [5.74, 6) is 0.654. The Morgan fingerprint density at radius 1 is 1.43 bits per heavy atom. The second-order valence-electron chi connectivity index (χ2n) is 6.35. The highest BCUT2D eigenvalue weighted by Crippen LogP contribution is 2.24. The molecule has 0 aliphatic carbocycles. The molecule has 3 unspecified atom stereocenters. The summed E-state index contributed by atoms with van der Waals surface area (Å²) in [6, 6.07) is 7.96. The van der Waals surface area contributed by atoms with Crippen LogP contribution in [0, 0.1) is 5.92 Å². The van der Waals surface area contributed by atoms with Gasteiger partial charge in [0.05, 0.1) is 6.04 Å². The minimum absolute atomic E-state index is 0.0807. The van der Waals surface area contributed by atoms with Gasteiger partial charge < -0.3 is 15.6 Å². The summed E-state index contributed by atoms with van der Waals surface area (Å²) < 4.78 is 0. The Kier molecular flexibility index (Phi) is 3.72. The number of carbonyl (C=O) groups excluding carboxylic acids is 1. The highest BCUT2D eigenvalue weighted by atomic mass is 16.2. The van der Waals surface area contributed by atoms with Gasteiger partial charge in [0.25, 0.3) is 0 Å². The van der Waals surface area contributed by atoms with Gasteiger partial charge in [-0.1, -0.05) is 25.1 Å². The molecule has 3 atom stereocenters. The number of aromatic nitrogens is 1. The van der Waals surface area contributed by atoms with Crippen molar-refractivity contribution in [2.75, 3.05) is 6.54 Å². The van der Waals surface area contributed by atoms with Crippen molar-refractivity contribution >= 4 is 16.8 Å². The van der Waals surface area contributed by atoms with Crippen molar-refractivity contribution in [2.24, 2.45) is 11.7 Å². The molecule has 2 aromatic rings. The van der Waals surface area contributed by atoms with Gasteiger partial charge in [-0.05, 0) is 37.3 Å². The summed E-state index contributed by atoms with van der Waals surface area (Å²) in [6.45, 7) is 5.14. The van der Waals surface area contributed by atoms with Crippen LogP contribution in [0.3, 0.4) is 0 Å². The van der Waals surface area contributed by atoms with E-state index in [0.29, 0.717) is 18.4 Å². The van der Waals surface area contributed by atoms with Crippen molar-refractivity contribution in [3.8, 4) is 0 Å². The van der Waals surface area contributed by atoms with Crippen LogP contribution in [-0.4, -0.2) is 34.4 Å². The molecule has 4 heteroatoms. The number of nitrogens with one attached hydrogen (secondary N) is 1. The molecule has 21 heavy (non-hydrogen) atoms. The third-order valence-corrected chi connectivity index (χ3v) is 4.50. The van der Waals surface area contributed by atoms with Crippen molar-refractivity contribution in [2.45, 2.75) is 38.8 Å². The number of para-hydroxylation sites is 1. The fourth-order valence-electron chi connectivity index (χ4n) is 3.44. The van der Waals surface area contributed by atoms with Crippen LogP contribution in [0.4, 0.5) is 0 Å². The fourth-order valence-corrected chi connectivity index (χ4v) is 3.44. The van der Waals surface area contributed by atoms with E-state index in [0.717, 1.165) is 29.4 Å². The van der Waals surface area contributed by atoms with E-state index in [9.17, 15) is 4.79 Å². The van der Waals surface area contributed by atoms with Crippen molar-refractivity contribution in [3.63, 3.8) is 0 Å². The summed E-state index contributed by atoms with van der Waals surface area (Å²) in [6.07, 6.45) is 3.62. The number of nitrogens with two attached hydrogens (primary N) is 1. The van der Waals surface area contributed by atoms with E-state index in [4.69, 9.17) is 5.73 Å². The molecule has 1 aromatic carbocycles. The lowest BCUT2D eigenvalue weighted by Gasteiger charge is -2.25. The molecule has 112 valence electrons. The van der Waals surface area contributed by atoms with Gasteiger partial charge in [0.15, 0.2) is 0 Å². The van der Waals surface area contributed by atoms with E-state index in [1.807, 2.05) is 29.3 Å². The predicted molar refractivity (Wildman–Crippen MR) is 84.9 cm³/mol. The molecule has 3 rings (SSSR count). The lowest BCUT2D eigenvalue weighted by Crippen LogP contribution is -2.46. The minimum Gasteiger partial charge on any atom is -0.361 e. The molecular weight excluding hydrogens is 262 g/mol. The fraction of sp³-hybridized carbons (Fsp3) is 0.471. The number of H-pyrrole nitrogens is 1. The van der Waals surface area contributed by atoms with Gasteiger partial charge >= 0.3 is 0 Å². The van der Waals surface area contributed by atoms with Crippen molar-refractivity contribution in [1.82, 2.24) is 9.88 Å². The first kappa shape index (κ1) is 14.1. The Labute approximate surface area is 125 Å². The van der Waals surface area contributed by atoms with Crippen molar-refractivity contribution < 1.29 is 4.79 Å². The number of fused-ring (bicyclic) bond motifs is 1. The standard InChI is InChI=1S/C17H23N3O/c1-11-7-12(2)20(10-11)17(21)15(18)8-13-9-19-16-6-4-3-5-14(13)16/h3-6,9,11-12,15,19H,7-8,10,18H2,1-2H3. The van der Waals surface area contributed by atoms with Crippen LogP contribution in [0.15, 0.2) is 30.5 Å². The number of hydrogen-bond donors (Lipinski definition) is 2. The summed E-state index contributed by atoms with van der Waals surface area (Å²) in [7, 11) is 0. The monoisotopic (exact) mass is 285 g/mol. The van der Waals surface area contributed by atoms with Crippen LogP contribution in [0.5, 0.6) is 0 Å². The van der Waals surface area contributed by atoms with E-state index in [1.165, 1.54) is 0 Å². The molecule has 0 saturated carbocycles. The van der Waals surface area contributed by atoms with Crippen molar-refractivity contribution in [1.29, 1.82) is 0 Å². The summed E-state index contributed by atoms with van der Waals surface area (Å²) in [4.78, 5) is 17.7. The topological polar surface area (TPSA) is 62.1 Å². The number of rotatable bonds is 3. The van der Waals surface area contributed by atoms with E-state index in [-0.39, 0.29) is 5.91 Å². The second-order valence-corrected chi connectivity index (χ2v) is 6.35. The average Bonchev–Trinajstić information content (AvgIpc) is 3.02.